The van der Waals surface area contributed by atoms with Gasteiger partial charge in [-0.25, -0.2) is 9.97 Å². The molecular weight excluding hydrogens is 528 g/mol. The van der Waals surface area contributed by atoms with Crippen LogP contribution in [-0.4, -0.2) is 74.1 Å². The number of benzene rings is 2. The van der Waals surface area contributed by atoms with Crippen molar-refractivity contribution < 1.29 is 9.21 Å². The van der Waals surface area contributed by atoms with Crippen LogP contribution >= 0.6 is 0 Å². The lowest BCUT2D eigenvalue weighted by atomic mass is 10.0. The second-order valence-corrected chi connectivity index (χ2v) is 10.6. The van der Waals surface area contributed by atoms with Gasteiger partial charge >= 0.3 is 0 Å². The van der Waals surface area contributed by atoms with Gasteiger partial charge in [-0.2, -0.15) is 0 Å². The van der Waals surface area contributed by atoms with Gasteiger partial charge in [0.2, 0.25) is 12.3 Å². The van der Waals surface area contributed by atoms with E-state index in [2.05, 4.69) is 42.3 Å². The minimum absolute atomic E-state index is 0.136. The summed E-state index contributed by atoms with van der Waals surface area (Å²) in [5.41, 5.74) is 6.98. The Morgan fingerprint density at radius 2 is 1.79 bits per heavy atom. The van der Waals surface area contributed by atoms with Gasteiger partial charge in [-0.1, -0.05) is 18.2 Å². The third-order valence-corrected chi connectivity index (χ3v) is 7.52. The lowest BCUT2D eigenvalue weighted by molar-refractivity contribution is 0.102. The van der Waals surface area contributed by atoms with E-state index in [0.717, 1.165) is 60.8 Å². The van der Waals surface area contributed by atoms with Gasteiger partial charge in [0, 0.05) is 74.5 Å². The van der Waals surface area contributed by atoms with Crippen molar-refractivity contribution in [3.8, 4) is 22.7 Å². The van der Waals surface area contributed by atoms with Crippen LogP contribution in [0.2, 0.25) is 0 Å². The molecule has 1 saturated heterocycles. The van der Waals surface area contributed by atoms with Crippen LogP contribution in [0.25, 0.3) is 22.7 Å². The number of hydrogen-bond donors (Lipinski definition) is 1. The second-order valence-electron chi connectivity index (χ2n) is 10.6. The van der Waals surface area contributed by atoms with Crippen molar-refractivity contribution in [3.63, 3.8) is 0 Å². The number of aryl methyl sites for hydroxylation is 1. The van der Waals surface area contributed by atoms with Crippen LogP contribution in [0.5, 0.6) is 0 Å². The normalized spacial score (nSPS) is 14.1. The van der Waals surface area contributed by atoms with Gasteiger partial charge in [0.25, 0.3) is 5.91 Å². The number of piperazine rings is 1. The Labute approximate surface area is 244 Å². The Hall–Kier alpha value is -4.80. The molecule has 5 aromatic rings. The van der Waals surface area contributed by atoms with Gasteiger partial charge in [0.15, 0.2) is 0 Å². The molecule has 0 radical (unpaired) electrons. The average Bonchev–Trinajstić information content (AvgIpc) is 3.56. The zero-order valence-corrected chi connectivity index (χ0v) is 23.7. The highest BCUT2D eigenvalue weighted by molar-refractivity contribution is 6.04. The summed E-state index contributed by atoms with van der Waals surface area (Å²) in [6.07, 6.45) is 6.96. The Morgan fingerprint density at radius 3 is 2.57 bits per heavy atom. The average molecular weight is 561 g/mol. The van der Waals surface area contributed by atoms with E-state index in [1.165, 1.54) is 12.0 Å². The Morgan fingerprint density at radius 1 is 0.976 bits per heavy atom. The Balaban J connectivity index is 1.12. The summed E-state index contributed by atoms with van der Waals surface area (Å²) in [5, 5.41) is 10.7. The highest BCUT2D eigenvalue weighted by Gasteiger charge is 2.15. The fourth-order valence-corrected chi connectivity index (χ4v) is 4.98. The summed E-state index contributed by atoms with van der Waals surface area (Å²) in [4.78, 5) is 31.4. The number of carbonyl (C=O) groups is 1. The molecule has 2 aromatic carbocycles. The van der Waals surface area contributed by atoms with E-state index in [0.29, 0.717) is 29.3 Å². The number of hydrogen-bond acceptors (Lipinski definition) is 9. The topological polar surface area (TPSA) is 113 Å². The van der Waals surface area contributed by atoms with Crippen molar-refractivity contribution in [1.82, 2.24) is 34.9 Å². The summed E-state index contributed by atoms with van der Waals surface area (Å²) < 4.78 is 5.30. The standard InChI is InChI=1S/C32H32N8O2/c1-22-3-8-28(36-31(41)24-6-4-23(5-7-24)20-40-13-11-39(2)12-14-40)16-25(22)17-30-34-10-9-29(37-30)26-15-27(19-33-18-26)32-38-35-21-42-32/h3-10,15-16,18-19,21H,11-14,17,20H2,1-2H3,(H,36,41). The quantitative estimate of drug-likeness (QED) is 0.293. The van der Waals surface area contributed by atoms with Crippen LogP contribution in [0.4, 0.5) is 5.69 Å². The molecule has 0 bridgehead atoms. The maximum atomic E-state index is 13.0. The van der Waals surface area contributed by atoms with Crippen molar-refractivity contribution in [2.24, 2.45) is 0 Å². The molecule has 3 aromatic heterocycles. The Kier molecular flexibility index (Phi) is 8.07. The molecular formula is C32H32N8O2. The molecule has 1 N–H and O–H groups in total. The van der Waals surface area contributed by atoms with Gasteiger partial charge in [-0.15, -0.1) is 10.2 Å². The Bertz CT molecular complexity index is 1660. The molecule has 0 saturated carbocycles. The summed E-state index contributed by atoms with van der Waals surface area (Å²) in [6.45, 7) is 7.25. The first-order valence-corrected chi connectivity index (χ1v) is 13.9. The van der Waals surface area contributed by atoms with Crippen molar-refractivity contribution in [2.45, 2.75) is 19.9 Å². The van der Waals surface area contributed by atoms with Gasteiger partial charge < -0.3 is 14.6 Å². The van der Waals surface area contributed by atoms with Crippen molar-refractivity contribution in [3.05, 3.63) is 108 Å². The third kappa shape index (κ3) is 6.56. The molecule has 1 aliphatic heterocycles. The van der Waals surface area contributed by atoms with E-state index in [9.17, 15) is 4.79 Å². The first kappa shape index (κ1) is 27.4. The number of nitrogens with zero attached hydrogens (tertiary/aromatic N) is 7. The number of aromatic nitrogens is 5. The van der Waals surface area contributed by atoms with Crippen LogP contribution in [0.15, 0.2) is 84.0 Å². The molecule has 42 heavy (non-hydrogen) atoms. The number of pyridine rings is 1. The smallest absolute Gasteiger partial charge is 0.255 e. The highest BCUT2D eigenvalue weighted by Crippen LogP contribution is 2.24. The third-order valence-electron chi connectivity index (χ3n) is 7.52. The largest absolute Gasteiger partial charge is 0.423 e. The predicted molar refractivity (Wildman–Crippen MR) is 160 cm³/mol. The van der Waals surface area contributed by atoms with E-state index in [1.807, 2.05) is 61.5 Å². The molecule has 0 spiro atoms. The number of rotatable bonds is 8. The minimum atomic E-state index is -0.136. The molecule has 0 aliphatic carbocycles. The van der Waals surface area contributed by atoms with E-state index >= 15 is 0 Å². The second kappa shape index (κ2) is 12.4. The molecule has 1 fully saturated rings. The molecule has 0 atom stereocenters. The zero-order valence-electron chi connectivity index (χ0n) is 23.7. The van der Waals surface area contributed by atoms with Crippen molar-refractivity contribution in [1.29, 1.82) is 0 Å². The lowest BCUT2D eigenvalue weighted by Gasteiger charge is -2.32. The summed E-state index contributed by atoms with van der Waals surface area (Å²) in [7, 11) is 2.16. The SMILES string of the molecule is Cc1ccc(NC(=O)c2ccc(CN3CCN(C)CC3)cc2)cc1Cc1nccc(-c2cncc(-c3nnco3)c2)n1. The molecule has 4 heterocycles. The van der Waals surface area contributed by atoms with Crippen LogP contribution < -0.4 is 5.32 Å². The van der Waals surface area contributed by atoms with E-state index in [-0.39, 0.29) is 5.91 Å². The summed E-state index contributed by atoms with van der Waals surface area (Å²) >= 11 is 0. The monoisotopic (exact) mass is 560 g/mol. The number of carbonyl (C=O) groups excluding carboxylic acids is 1. The van der Waals surface area contributed by atoms with Gasteiger partial charge in [0.05, 0.1) is 11.3 Å². The molecule has 6 rings (SSSR count). The number of anilines is 1. The van der Waals surface area contributed by atoms with Crippen LogP contribution in [-0.2, 0) is 13.0 Å². The lowest BCUT2D eigenvalue weighted by Crippen LogP contribution is -2.43. The van der Waals surface area contributed by atoms with Gasteiger partial charge in [-0.05, 0) is 67.1 Å². The minimum Gasteiger partial charge on any atom is -0.423 e. The summed E-state index contributed by atoms with van der Waals surface area (Å²) in [6, 6.07) is 17.6. The van der Waals surface area contributed by atoms with Crippen LogP contribution in [0.3, 0.4) is 0 Å². The number of amides is 1. The molecule has 212 valence electrons. The maximum Gasteiger partial charge on any atom is 0.255 e. The molecule has 1 amide bonds. The first-order valence-electron chi connectivity index (χ1n) is 13.9. The molecule has 0 unspecified atom stereocenters. The van der Waals surface area contributed by atoms with Gasteiger partial charge in [-0.3, -0.25) is 14.7 Å². The summed E-state index contributed by atoms with van der Waals surface area (Å²) in [5.74, 6) is 0.927. The molecule has 10 heteroatoms. The van der Waals surface area contributed by atoms with E-state index < -0.39 is 0 Å². The van der Waals surface area contributed by atoms with Gasteiger partial charge in [0.1, 0.15) is 5.82 Å². The number of nitrogens with one attached hydrogen (secondary N) is 1. The molecule has 1 aliphatic rings. The van der Waals surface area contributed by atoms with Crippen LogP contribution in [0.1, 0.15) is 32.9 Å². The fourth-order valence-electron chi connectivity index (χ4n) is 4.98. The van der Waals surface area contributed by atoms with Crippen molar-refractivity contribution in [2.75, 3.05) is 38.5 Å². The van der Waals surface area contributed by atoms with E-state index in [1.54, 1.807) is 18.6 Å². The van der Waals surface area contributed by atoms with E-state index in [4.69, 9.17) is 9.40 Å². The van der Waals surface area contributed by atoms with Crippen molar-refractivity contribution >= 4 is 11.6 Å². The maximum absolute atomic E-state index is 13.0. The molecule has 10 nitrogen and oxygen atoms in total. The highest BCUT2D eigenvalue weighted by atomic mass is 16.4. The fraction of sp³-hybridized carbons (Fsp3) is 0.250. The van der Waals surface area contributed by atoms with Crippen LogP contribution in [0, 0.1) is 6.92 Å². The predicted octanol–water partition coefficient (Wildman–Crippen LogP) is 4.49. The first-order chi connectivity index (χ1) is 20.5. The zero-order chi connectivity index (χ0) is 28.9. The number of likely N-dealkylation sites (N-methyl/N-ethyl adjacent to an activating group) is 1.